The van der Waals surface area contributed by atoms with Crippen LogP contribution in [0.5, 0.6) is 0 Å². The highest BCUT2D eigenvalue weighted by Crippen LogP contribution is 2.25. The molecule has 5 heteroatoms. The molecule has 1 aliphatic heterocycles. The first-order valence-corrected chi connectivity index (χ1v) is 5.47. The summed E-state index contributed by atoms with van der Waals surface area (Å²) in [5.74, 6) is -0.0479. The highest BCUT2D eigenvalue weighted by Gasteiger charge is 2.29. The molecule has 1 saturated heterocycles. The van der Waals surface area contributed by atoms with Gasteiger partial charge in [0.05, 0.1) is 5.69 Å². The molecule has 0 spiro atoms. The van der Waals surface area contributed by atoms with Gasteiger partial charge in [0, 0.05) is 18.4 Å². The van der Waals surface area contributed by atoms with Crippen molar-refractivity contribution in [3.8, 4) is 0 Å². The number of rotatable bonds is 1. The molecule has 86 valence electrons. The molecule has 1 aliphatic carbocycles. The summed E-state index contributed by atoms with van der Waals surface area (Å²) >= 11 is 0. The summed E-state index contributed by atoms with van der Waals surface area (Å²) in [4.78, 5) is 11.8. The Morgan fingerprint density at radius 1 is 1.47 bits per heavy atom. The molecule has 2 aliphatic rings. The first kappa shape index (κ1) is 10.2. The van der Waals surface area contributed by atoms with E-state index in [9.17, 15) is 4.79 Å². The summed E-state index contributed by atoms with van der Waals surface area (Å²) < 4.78 is 0. The molecule has 2 N–H and O–H groups in total. The van der Waals surface area contributed by atoms with Crippen LogP contribution in [-0.4, -0.2) is 28.7 Å². The number of hydrogen-bond acceptors (Lipinski definition) is 4. The Kier molecular flexibility index (Phi) is 2.26. The van der Waals surface area contributed by atoms with Gasteiger partial charge in [-0.1, -0.05) is 6.58 Å². The molecule has 3 rings (SSSR count). The second kappa shape index (κ2) is 3.78. The van der Waals surface area contributed by atoms with Crippen molar-refractivity contribution >= 4 is 12.0 Å². The molecule has 1 unspecified atom stereocenters. The molecule has 0 aromatic carbocycles. The number of amides is 1. The van der Waals surface area contributed by atoms with Crippen LogP contribution in [0, 0.1) is 0 Å². The summed E-state index contributed by atoms with van der Waals surface area (Å²) in [6, 6.07) is 1.65. The third-order valence-corrected chi connectivity index (χ3v) is 3.01. The number of nitrogens with one attached hydrogen (secondary N) is 2. The average Bonchev–Trinajstić information content (AvgIpc) is 2.72. The van der Waals surface area contributed by atoms with Gasteiger partial charge in [0.2, 0.25) is 5.91 Å². The Bertz CT molecular complexity index is 535. The highest BCUT2D eigenvalue weighted by atomic mass is 16.2. The number of carbonyl (C=O) groups excluding carboxylic acids is 1. The number of piperazine rings is 1. The van der Waals surface area contributed by atoms with E-state index in [0.29, 0.717) is 12.2 Å². The van der Waals surface area contributed by atoms with E-state index in [4.69, 9.17) is 0 Å². The zero-order valence-electron chi connectivity index (χ0n) is 9.23. The van der Waals surface area contributed by atoms with Crippen molar-refractivity contribution in [2.75, 3.05) is 6.54 Å². The number of fused-ring (bicyclic) bond motifs is 1. The molecule has 1 atom stereocenters. The lowest BCUT2D eigenvalue weighted by molar-refractivity contribution is -0.122. The molecule has 5 nitrogen and oxygen atoms in total. The lowest BCUT2D eigenvalue weighted by Gasteiger charge is -2.25. The summed E-state index contributed by atoms with van der Waals surface area (Å²) in [6.07, 6.45) is 4.36. The Balaban J connectivity index is 1.84. The van der Waals surface area contributed by atoms with Crippen molar-refractivity contribution in [2.45, 2.75) is 12.5 Å². The van der Waals surface area contributed by atoms with E-state index in [1.165, 1.54) is 0 Å². The SMILES string of the molecule is C=C1CNC(C2=Cc3nnccc3C2)C(=O)N1. The van der Waals surface area contributed by atoms with Crippen molar-refractivity contribution in [1.29, 1.82) is 0 Å². The van der Waals surface area contributed by atoms with E-state index in [0.717, 1.165) is 23.3 Å². The molecular formula is C12H12N4O. The molecule has 17 heavy (non-hydrogen) atoms. The van der Waals surface area contributed by atoms with Crippen molar-refractivity contribution in [1.82, 2.24) is 20.8 Å². The van der Waals surface area contributed by atoms with Crippen LogP contribution in [-0.2, 0) is 11.2 Å². The maximum absolute atomic E-state index is 11.8. The summed E-state index contributed by atoms with van der Waals surface area (Å²) in [6.45, 7) is 4.34. The molecule has 1 amide bonds. The zero-order valence-corrected chi connectivity index (χ0v) is 9.23. The summed E-state index contributed by atoms with van der Waals surface area (Å²) in [7, 11) is 0. The largest absolute Gasteiger partial charge is 0.327 e. The van der Waals surface area contributed by atoms with Crippen LogP contribution in [0.4, 0.5) is 0 Å². The van der Waals surface area contributed by atoms with Crippen LogP contribution < -0.4 is 10.6 Å². The fourth-order valence-electron chi connectivity index (χ4n) is 2.18. The predicted molar refractivity (Wildman–Crippen MR) is 62.8 cm³/mol. The van der Waals surface area contributed by atoms with Crippen LogP contribution in [0.2, 0.25) is 0 Å². The fourth-order valence-corrected chi connectivity index (χ4v) is 2.18. The van der Waals surface area contributed by atoms with Crippen LogP contribution in [0.25, 0.3) is 6.08 Å². The Morgan fingerprint density at radius 2 is 2.35 bits per heavy atom. The Labute approximate surface area is 98.6 Å². The maximum Gasteiger partial charge on any atom is 0.245 e. The Morgan fingerprint density at radius 3 is 3.12 bits per heavy atom. The minimum Gasteiger partial charge on any atom is -0.327 e. The van der Waals surface area contributed by atoms with Gasteiger partial charge in [-0.15, -0.1) is 0 Å². The van der Waals surface area contributed by atoms with Gasteiger partial charge in [-0.25, -0.2) is 0 Å². The van der Waals surface area contributed by atoms with E-state index in [1.54, 1.807) is 6.20 Å². The molecule has 0 radical (unpaired) electrons. The van der Waals surface area contributed by atoms with Crippen molar-refractivity contribution in [2.24, 2.45) is 0 Å². The third kappa shape index (κ3) is 1.74. The van der Waals surface area contributed by atoms with Gasteiger partial charge in [-0.3, -0.25) is 10.1 Å². The van der Waals surface area contributed by atoms with Crippen LogP contribution in [0.1, 0.15) is 11.3 Å². The van der Waals surface area contributed by atoms with E-state index in [-0.39, 0.29) is 11.9 Å². The van der Waals surface area contributed by atoms with Crippen molar-refractivity contribution in [3.63, 3.8) is 0 Å². The first-order valence-electron chi connectivity index (χ1n) is 5.47. The van der Waals surface area contributed by atoms with Crippen molar-refractivity contribution < 1.29 is 4.79 Å². The molecule has 0 bridgehead atoms. The molecular weight excluding hydrogens is 216 g/mol. The standard InChI is InChI=1S/C12H12N4O/c1-7-6-13-11(12(17)15-7)9-4-8-2-3-14-16-10(8)5-9/h2-3,5,11,13H,1,4,6H2,(H,15,17). The minimum atomic E-state index is -0.283. The lowest BCUT2D eigenvalue weighted by atomic mass is 10.0. The number of nitrogens with zero attached hydrogens (tertiary/aromatic N) is 2. The zero-order chi connectivity index (χ0) is 11.8. The van der Waals surface area contributed by atoms with E-state index in [2.05, 4.69) is 27.4 Å². The molecule has 1 fully saturated rings. The van der Waals surface area contributed by atoms with Crippen LogP contribution >= 0.6 is 0 Å². The summed E-state index contributed by atoms with van der Waals surface area (Å²) in [5, 5.41) is 13.8. The van der Waals surface area contributed by atoms with Gasteiger partial charge in [0.15, 0.2) is 0 Å². The number of carbonyl (C=O) groups is 1. The van der Waals surface area contributed by atoms with Crippen molar-refractivity contribution in [3.05, 3.63) is 41.4 Å². The summed E-state index contributed by atoms with van der Waals surface area (Å²) in [5.41, 5.74) is 3.73. The lowest BCUT2D eigenvalue weighted by Crippen LogP contribution is -2.52. The molecule has 1 aromatic heterocycles. The van der Waals surface area contributed by atoms with E-state index >= 15 is 0 Å². The monoisotopic (exact) mass is 228 g/mol. The Hall–Kier alpha value is -2.01. The topological polar surface area (TPSA) is 66.9 Å². The third-order valence-electron chi connectivity index (χ3n) is 3.01. The second-order valence-corrected chi connectivity index (χ2v) is 4.24. The van der Waals surface area contributed by atoms with Gasteiger partial charge < -0.3 is 5.32 Å². The van der Waals surface area contributed by atoms with Gasteiger partial charge in [0.1, 0.15) is 6.04 Å². The normalized spacial score (nSPS) is 23.1. The molecule has 2 heterocycles. The first-order chi connectivity index (χ1) is 8.24. The number of hydrogen-bond donors (Lipinski definition) is 2. The van der Waals surface area contributed by atoms with Crippen LogP contribution in [0.15, 0.2) is 30.1 Å². The smallest absolute Gasteiger partial charge is 0.245 e. The maximum atomic E-state index is 11.8. The average molecular weight is 228 g/mol. The van der Waals surface area contributed by atoms with Gasteiger partial charge in [-0.2, -0.15) is 10.2 Å². The molecule has 1 aromatic rings. The van der Waals surface area contributed by atoms with Crippen LogP contribution in [0.3, 0.4) is 0 Å². The van der Waals surface area contributed by atoms with Gasteiger partial charge >= 0.3 is 0 Å². The molecule has 0 saturated carbocycles. The van der Waals surface area contributed by atoms with Gasteiger partial charge in [-0.05, 0) is 29.7 Å². The minimum absolute atomic E-state index is 0.0479. The quantitative estimate of drug-likeness (QED) is 0.711. The van der Waals surface area contributed by atoms with E-state index in [1.807, 2.05) is 12.1 Å². The highest BCUT2D eigenvalue weighted by molar-refractivity contribution is 5.89. The van der Waals surface area contributed by atoms with Gasteiger partial charge in [0.25, 0.3) is 0 Å². The van der Waals surface area contributed by atoms with E-state index < -0.39 is 0 Å². The number of aromatic nitrogens is 2. The predicted octanol–water partition coefficient (Wildman–Crippen LogP) is 0.0178. The second-order valence-electron chi connectivity index (χ2n) is 4.24. The fraction of sp³-hybridized carbons (Fsp3) is 0.250.